The molecule has 2 aromatic rings. The van der Waals surface area contributed by atoms with Gasteiger partial charge in [-0.1, -0.05) is 17.7 Å². The second-order valence-corrected chi connectivity index (χ2v) is 9.19. The molecule has 0 bridgehead atoms. The summed E-state index contributed by atoms with van der Waals surface area (Å²) in [6.07, 6.45) is 2.66. The van der Waals surface area contributed by atoms with Crippen LogP contribution in [0.3, 0.4) is 0 Å². The quantitative estimate of drug-likeness (QED) is 0.747. The Labute approximate surface area is 171 Å². The lowest BCUT2D eigenvalue weighted by Gasteiger charge is -2.31. The van der Waals surface area contributed by atoms with E-state index in [1.165, 1.54) is 10.6 Å². The Balaban J connectivity index is 1.46. The van der Waals surface area contributed by atoms with Crippen LogP contribution in [0.15, 0.2) is 48.5 Å². The standard InChI is InChI=1S/C21H26N2O5S/c1-16-5-7-19(8-6-16)28-20-11-9-18(10-12-20)27-15-21(24)22-17-4-3-13-23(14-17)29(2,25)26/h5-12,17H,3-4,13-15H2,1-2H3,(H,22,24). The molecule has 0 aliphatic carbocycles. The van der Waals surface area contributed by atoms with Gasteiger partial charge in [0.25, 0.3) is 5.91 Å². The average Bonchev–Trinajstić information content (AvgIpc) is 2.69. The number of carbonyl (C=O) groups excluding carboxylic acids is 1. The maximum atomic E-state index is 12.1. The predicted molar refractivity (Wildman–Crippen MR) is 111 cm³/mol. The highest BCUT2D eigenvalue weighted by atomic mass is 32.2. The zero-order chi connectivity index (χ0) is 20.9. The van der Waals surface area contributed by atoms with Crippen LogP contribution in [0.4, 0.5) is 0 Å². The number of nitrogens with one attached hydrogen (secondary N) is 1. The lowest BCUT2D eigenvalue weighted by molar-refractivity contribution is -0.124. The number of carbonyl (C=O) groups is 1. The molecule has 156 valence electrons. The average molecular weight is 419 g/mol. The number of benzene rings is 2. The number of aryl methyl sites for hydroxylation is 1. The van der Waals surface area contributed by atoms with Gasteiger partial charge in [-0.25, -0.2) is 12.7 Å². The van der Waals surface area contributed by atoms with Crippen LogP contribution in [0.5, 0.6) is 17.2 Å². The Morgan fingerprint density at radius 2 is 1.66 bits per heavy atom. The highest BCUT2D eigenvalue weighted by Crippen LogP contribution is 2.24. The molecule has 1 amide bonds. The first-order valence-electron chi connectivity index (χ1n) is 9.51. The number of rotatable bonds is 7. The summed E-state index contributed by atoms with van der Waals surface area (Å²) in [5.74, 6) is 1.70. The smallest absolute Gasteiger partial charge is 0.258 e. The van der Waals surface area contributed by atoms with Crippen LogP contribution in [0.2, 0.25) is 0 Å². The summed E-state index contributed by atoms with van der Waals surface area (Å²) in [5, 5.41) is 2.85. The van der Waals surface area contributed by atoms with Crippen LogP contribution in [0, 0.1) is 6.92 Å². The number of ether oxygens (including phenoxy) is 2. The summed E-state index contributed by atoms with van der Waals surface area (Å²) in [6.45, 7) is 2.68. The highest BCUT2D eigenvalue weighted by molar-refractivity contribution is 7.88. The minimum atomic E-state index is -3.24. The van der Waals surface area contributed by atoms with Gasteiger partial charge in [-0.15, -0.1) is 0 Å². The molecule has 7 nitrogen and oxygen atoms in total. The van der Waals surface area contributed by atoms with E-state index in [2.05, 4.69) is 5.32 Å². The summed E-state index contributed by atoms with van der Waals surface area (Å²) in [7, 11) is -3.24. The summed E-state index contributed by atoms with van der Waals surface area (Å²) in [5.41, 5.74) is 1.16. The van der Waals surface area contributed by atoms with Crippen molar-refractivity contribution < 1.29 is 22.7 Å². The van der Waals surface area contributed by atoms with Crippen LogP contribution in [-0.4, -0.2) is 50.6 Å². The van der Waals surface area contributed by atoms with E-state index in [0.29, 0.717) is 24.6 Å². The fourth-order valence-electron chi connectivity index (χ4n) is 3.13. The van der Waals surface area contributed by atoms with Gasteiger partial charge >= 0.3 is 0 Å². The van der Waals surface area contributed by atoms with E-state index in [1.807, 2.05) is 31.2 Å². The van der Waals surface area contributed by atoms with E-state index < -0.39 is 10.0 Å². The molecule has 0 radical (unpaired) electrons. The fourth-order valence-corrected chi connectivity index (χ4v) is 4.04. The number of piperidine rings is 1. The third-order valence-corrected chi connectivity index (χ3v) is 5.94. The molecule has 1 fully saturated rings. The van der Waals surface area contributed by atoms with Gasteiger partial charge in [-0.05, 0) is 56.2 Å². The number of hydrogen-bond donors (Lipinski definition) is 1. The van der Waals surface area contributed by atoms with E-state index in [0.717, 1.165) is 24.2 Å². The van der Waals surface area contributed by atoms with E-state index >= 15 is 0 Å². The highest BCUT2D eigenvalue weighted by Gasteiger charge is 2.26. The molecule has 1 aliphatic heterocycles. The lowest BCUT2D eigenvalue weighted by Crippen LogP contribution is -2.50. The van der Waals surface area contributed by atoms with Crippen molar-refractivity contribution in [1.82, 2.24) is 9.62 Å². The molecule has 0 spiro atoms. The van der Waals surface area contributed by atoms with Gasteiger partial charge in [0, 0.05) is 19.1 Å². The first kappa shape index (κ1) is 21.1. The van der Waals surface area contributed by atoms with Crippen molar-refractivity contribution in [2.75, 3.05) is 26.0 Å². The monoisotopic (exact) mass is 418 g/mol. The van der Waals surface area contributed by atoms with Gasteiger partial charge in [-0.2, -0.15) is 0 Å². The summed E-state index contributed by atoms with van der Waals surface area (Å²) < 4.78 is 36.0. The maximum Gasteiger partial charge on any atom is 0.258 e. The second kappa shape index (κ2) is 9.28. The van der Waals surface area contributed by atoms with Crippen LogP contribution >= 0.6 is 0 Å². The van der Waals surface area contributed by atoms with Crippen LogP contribution in [0.1, 0.15) is 18.4 Å². The Morgan fingerprint density at radius 3 is 2.28 bits per heavy atom. The number of amides is 1. The van der Waals surface area contributed by atoms with Crippen LogP contribution in [0.25, 0.3) is 0 Å². The first-order valence-corrected chi connectivity index (χ1v) is 11.4. The SMILES string of the molecule is Cc1ccc(Oc2ccc(OCC(=O)NC3CCCN(S(C)(=O)=O)C3)cc2)cc1. The third kappa shape index (κ3) is 6.47. The summed E-state index contributed by atoms with van der Waals surface area (Å²) in [4.78, 5) is 12.1. The molecule has 1 aliphatic rings. The van der Waals surface area contributed by atoms with E-state index in [9.17, 15) is 13.2 Å². The minimum absolute atomic E-state index is 0.131. The van der Waals surface area contributed by atoms with Gasteiger partial charge in [0.15, 0.2) is 6.61 Å². The molecule has 1 atom stereocenters. The van der Waals surface area contributed by atoms with Gasteiger partial charge < -0.3 is 14.8 Å². The number of nitrogens with zero attached hydrogens (tertiary/aromatic N) is 1. The van der Waals surface area contributed by atoms with E-state index in [1.54, 1.807) is 24.3 Å². The van der Waals surface area contributed by atoms with Crippen molar-refractivity contribution in [2.24, 2.45) is 0 Å². The first-order chi connectivity index (χ1) is 13.8. The van der Waals surface area contributed by atoms with Crippen molar-refractivity contribution in [1.29, 1.82) is 0 Å². The molecule has 29 heavy (non-hydrogen) atoms. The van der Waals surface area contributed by atoms with Crippen molar-refractivity contribution in [3.8, 4) is 17.2 Å². The largest absolute Gasteiger partial charge is 0.484 e. The molecule has 8 heteroatoms. The normalized spacial score (nSPS) is 17.5. The van der Waals surface area contributed by atoms with Crippen LogP contribution < -0.4 is 14.8 Å². The molecule has 1 unspecified atom stereocenters. The summed E-state index contributed by atoms with van der Waals surface area (Å²) >= 11 is 0. The Kier molecular flexibility index (Phi) is 6.76. The lowest BCUT2D eigenvalue weighted by atomic mass is 10.1. The fraction of sp³-hybridized carbons (Fsp3) is 0.381. The van der Waals surface area contributed by atoms with Crippen molar-refractivity contribution in [2.45, 2.75) is 25.8 Å². The predicted octanol–water partition coefficient (Wildman–Crippen LogP) is 2.71. The number of sulfonamides is 1. The van der Waals surface area contributed by atoms with Gasteiger partial charge in [0.1, 0.15) is 17.2 Å². The molecule has 0 aromatic heterocycles. The number of hydrogen-bond acceptors (Lipinski definition) is 5. The second-order valence-electron chi connectivity index (χ2n) is 7.20. The van der Waals surface area contributed by atoms with E-state index in [4.69, 9.17) is 9.47 Å². The molecule has 1 N–H and O–H groups in total. The summed E-state index contributed by atoms with van der Waals surface area (Å²) in [6, 6.07) is 14.6. The molecular weight excluding hydrogens is 392 g/mol. The van der Waals surface area contributed by atoms with Crippen molar-refractivity contribution in [3.05, 3.63) is 54.1 Å². The molecule has 0 saturated carbocycles. The third-order valence-electron chi connectivity index (χ3n) is 4.67. The van der Waals surface area contributed by atoms with Crippen molar-refractivity contribution >= 4 is 15.9 Å². The molecular formula is C21H26N2O5S. The van der Waals surface area contributed by atoms with Gasteiger partial charge in [-0.3, -0.25) is 4.79 Å². The zero-order valence-corrected chi connectivity index (χ0v) is 17.4. The molecule has 1 heterocycles. The molecule has 2 aromatic carbocycles. The maximum absolute atomic E-state index is 12.1. The van der Waals surface area contributed by atoms with Gasteiger partial charge in [0.05, 0.1) is 6.26 Å². The van der Waals surface area contributed by atoms with E-state index in [-0.39, 0.29) is 18.6 Å². The zero-order valence-electron chi connectivity index (χ0n) is 16.6. The Morgan fingerprint density at radius 1 is 1.07 bits per heavy atom. The van der Waals surface area contributed by atoms with Crippen molar-refractivity contribution in [3.63, 3.8) is 0 Å². The minimum Gasteiger partial charge on any atom is -0.484 e. The van der Waals surface area contributed by atoms with Gasteiger partial charge in [0.2, 0.25) is 10.0 Å². The Hall–Kier alpha value is -2.58. The molecule has 3 rings (SSSR count). The Bertz CT molecular complexity index is 927. The topological polar surface area (TPSA) is 84.9 Å². The van der Waals surface area contributed by atoms with Crippen LogP contribution in [-0.2, 0) is 14.8 Å². The molecule has 1 saturated heterocycles.